The van der Waals surface area contributed by atoms with Crippen molar-refractivity contribution in [1.82, 2.24) is 10.6 Å². The third-order valence-corrected chi connectivity index (χ3v) is 4.71. The molecule has 1 aliphatic carbocycles. The summed E-state index contributed by atoms with van der Waals surface area (Å²) < 4.78 is 13.9. The number of carboxylic acids is 1. The van der Waals surface area contributed by atoms with Crippen LogP contribution in [0.15, 0.2) is 24.3 Å². The van der Waals surface area contributed by atoms with E-state index >= 15 is 0 Å². The van der Waals surface area contributed by atoms with E-state index in [0.29, 0.717) is 37.8 Å². The Morgan fingerprint density at radius 1 is 1.21 bits per heavy atom. The van der Waals surface area contributed by atoms with Crippen LogP contribution in [0.2, 0.25) is 0 Å². The van der Waals surface area contributed by atoms with Crippen molar-refractivity contribution in [2.24, 2.45) is 5.92 Å². The normalized spacial score (nSPS) is 21.1. The minimum Gasteiger partial charge on any atom is -0.481 e. The number of halogens is 1. The third kappa shape index (κ3) is 4.69. The molecular weight excluding hydrogens is 311 g/mol. The number of hydrogen-bond acceptors (Lipinski definition) is 2. The van der Waals surface area contributed by atoms with E-state index in [1.54, 1.807) is 18.2 Å². The number of hydrogen-bond donors (Lipinski definition) is 3. The number of carboxylic acid groups (broad SMARTS) is 1. The Hall–Kier alpha value is -2.11. The summed E-state index contributed by atoms with van der Waals surface area (Å²) in [5, 5.41) is 14.7. The molecule has 1 fully saturated rings. The smallest absolute Gasteiger partial charge is 0.315 e. The first-order valence-corrected chi connectivity index (χ1v) is 8.32. The quantitative estimate of drug-likeness (QED) is 0.773. The number of rotatable bonds is 5. The molecule has 0 heterocycles. The van der Waals surface area contributed by atoms with Crippen LogP contribution in [0.3, 0.4) is 0 Å². The number of aliphatic carboxylic acids is 1. The summed E-state index contributed by atoms with van der Waals surface area (Å²) in [5.41, 5.74) is 0.0381. The van der Waals surface area contributed by atoms with Gasteiger partial charge in [-0.15, -0.1) is 0 Å². The van der Waals surface area contributed by atoms with Crippen molar-refractivity contribution in [2.75, 3.05) is 6.54 Å². The Labute approximate surface area is 141 Å². The van der Waals surface area contributed by atoms with Crippen molar-refractivity contribution in [1.29, 1.82) is 0 Å². The molecule has 1 aromatic carbocycles. The van der Waals surface area contributed by atoms with Crippen molar-refractivity contribution in [2.45, 2.75) is 51.0 Å². The summed E-state index contributed by atoms with van der Waals surface area (Å²) in [6.07, 6.45) is 2.50. The zero-order valence-electron chi connectivity index (χ0n) is 14.1. The van der Waals surface area contributed by atoms with Crippen molar-refractivity contribution in [3.63, 3.8) is 0 Å². The van der Waals surface area contributed by atoms with Gasteiger partial charge in [0.2, 0.25) is 0 Å². The van der Waals surface area contributed by atoms with Gasteiger partial charge in [-0.25, -0.2) is 9.18 Å². The lowest BCUT2D eigenvalue weighted by molar-refractivity contribution is -0.142. The highest BCUT2D eigenvalue weighted by molar-refractivity contribution is 5.74. The minimum absolute atomic E-state index is 0.00262. The lowest BCUT2D eigenvalue weighted by atomic mass is 9.84. The molecular formula is C18H25FN2O3. The van der Waals surface area contributed by atoms with E-state index in [1.165, 1.54) is 6.07 Å². The molecule has 0 bridgehead atoms. The minimum atomic E-state index is -0.760. The van der Waals surface area contributed by atoms with E-state index in [9.17, 15) is 14.0 Å². The van der Waals surface area contributed by atoms with Crippen LogP contribution in [0.25, 0.3) is 0 Å². The molecule has 0 radical (unpaired) electrons. The number of benzene rings is 1. The van der Waals surface area contributed by atoms with Crippen LogP contribution in [-0.2, 0) is 10.2 Å². The van der Waals surface area contributed by atoms with Crippen LogP contribution in [0, 0.1) is 11.7 Å². The highest BCUT2D eigenvalue weighted by Gasteiger charge is 2.28. The zero-order chi connectivity index (χ0) is 17.7. The molecule has 1 aromatic rings. The number of carbonyl (C=O) groups excluding carboxylic acids is 1. The molecule has 0 atom stereocenters. The number of nitrogens with one attached hydrogen (secondary N) is 2. The maximum atomic E-state index is 13.9. The summed E-state index contributed by atoms with van der Waals surface area (Å²) >= 11 is 0. The Bertz CT molecular complexity index is 596. The van der Waals surface area contributed by atoms with Gasteiger partial charge in [0.15, 0.2) is 0 Å². The summed E-state index contributed by atoms with van der Waals surface area (Å²) in [7, 11) is 0. The molecule has 0 unspecified atom stereocenters. The average molecular weight is 336 g/mol. The maximum absolute atomic E-state index is 13.9. The van der Waals surface area contributed by atoms with Crippen LogP contribution in [0.5, 0.6) is 0 Å². The van der Waals surface area contributed by atoms with Gasteiger partial charge < -0.3 is 15.7 Å². The van der Waals surface area contributed by atoms with E-state index in [1.807, 2.05) is 13.8 Å². The van der Waals surface area contributed by atoms with Gasteiger partial charge in [0, 0.05) is 18.0 Å². The summed E-state index contributed by atoms with van der Waals surface area (Å²) in [4.78, 5) is 23.0. The Kier molecular flexibility index (Phi) is 5.80. The van der Waals surface area contributed by atoms with Crippen molar-refractivity contribution in [3.05, 3.63) is 35.6 Å². The van der Waals surface area contributed by atoms with Gasteiger partial charge in [-0.05, 0) is 37.3 Å². The van der Waals surface area contributed by atoms with E-state index in [4.69, 9.17) is 5.11 Å². The van der Waals surface area contributed by atoms with Crippen molar-refractivity contribution >= 4 is 12.0 Å². The van der Waals surface area contributed by atoms with Crippen LogP contribution < -0.4 is 10.6 Å². The second kappa shape index (κ2) is 7.64. The summed E-state index contributed by atoms with van der Waals surface area (Å²) in [6.45, 7) is 4.07. The number of carbonyl (C=O) groups is 2. The second-order valence-electron chi connectivity index (χ2n) is 7.08. The van der Waals surface area contributed by atoms with Crippen LogP contribution in [-0.4, -0.2) is 29.7 Å². The van der Waals surface area contributed by atoms with E-state index in [0.717, 1.165) is 0 Å². The molecule has 5 nitrogen and oxygen atoms in total. The Morgan fingerprint density at radius 3 is 2.42 bits per heavy atom. The molecule has 0 spiro atoms. The number of amides is 2. The first-order valence-electron chi connectivity index (χ1n) is 8.32. The van der Waals surface area contributed by atoms with Crippen LogP contribution >= 0.6 is 0 Å². The van der Waals surface area contributed by atoms with Gasteiger partial charge in [-0.2, -0.15) is 0 Å². The zero-order valence-corrected chi connectivity index (χ0v) is 14.1. The third-order valence-electron chi connectivity index (χ3n) is 4.71. The molecule has 1 saturated carbocycles. The largest absolute Gasteiger partial charge is 0.481 e. The lowest BCUT2D eigenvalue weighted by Crippen LogP contribution is -2.47. The van der Waals surface area contributed by atoms with Gasteiger partial charge in [0.1, 0.15) is 5.82 Å². The summed E-state index contributed by atoms with van der Waals surface area (Å²) in [5.74, 6) is -1.34. The first kappa shape index (κ1) is 18.2. The molecule has 0 aliphatic heterocycles. The molecule has 24 heavy (non-hydrogen) atoms. The fraction of sp³-hybridized carbons (Fsp3) is 0.556. The number of urea groups is 1. The van der Waals surface area contributed by atoms with Crippen LogP contribution in [0.4, 0.5) is 9.18 Å². The lowest BCUT2D eigenvalue weighted by Gasteiger charge is -2.29. The standard InChI is InChI=1S/C18H25FN2O3/c1-18(2,14-5-3-4-6-15(14)19)11-20-17(24)21-13-9-7-12(8-10-13)16(22)23/h3-6,12-13H,7-11H2,1-2H3,(H,22,23)(H2,20,21,24). The van der Waals surface area contributed by atoms with E-state index < -0.39 is 11.4 Å². The van der Waals surface area contributed by atoms with Gasteiger partial charge in [-0.3, -0.25) is 4.79 Å². The van der Waals surface area contributed by atoms with E-state index in [2.05, 4.69) is 10.6 Å². The molecule has 2 amide bonds. The highest BCUT2D eigenvalue weighted by atomic mass is 19.1. The summed E-state index contributed by atoms with van der Waals surface area (Å²) in [6, 6.07) is 6.26. The molecule has 1 aliphatic rings. The first-order chi connectivity index (χ1) is 11.3. The SMILES string of the molecule is CC(C)(CNC(=O)NC1CCC(C(=O)O)CC1)c1ccccc1F. The van der Waals surface area contributed by atoms with Gasteiger partial charge in [0.25, 0.3) is 0 Å². The average Bonchev–Trinajstić information content (AvgIpc) is 2.54. The molecule has 0 aromatic heterocycles. The van der Waals surface area contributed by atoms with Crippen molar-refractivity contribution < 1.29 is 19.1 Å². The fourth-order valence-corrected chi connectivity index (χ4v) is 3.13. The molecule has 2 rings (SSSR count). The van der Waals surface area contributed by atoms with Crippen molar-refractivity contribution in [3.8, 4) is 0 Å². The predicted octanol–water partition coefficient (Wildman–Crippen LogP) is 3.05. The molecule has 0 saturated heterocycles. The van der Waals surface area contributed by atoms with Crippen LogP contribution in [0.1, 0.15) is 45.1 Å². The second-order valence-corrected chi connectivity index (χ2v) is 7.08. The van der Waals surface area contributed by atoms with Gasteiger partial charge in [0.05, 0.1) is 5.92 Å². The topological polar surface area (TPSA) is 78.4 Å². The van der Waals surface area contributed by atoms with Gasteiger partial charge >= 0.3 is 12.0 Å². The van der Waals surface area contributed by atoms with Gasteiger partial charge in [-0.1, -0.05) is 32.0 Å². The maximum Gasteiger partial charge on any atom is 0.315 e. The Morgan fingerprint density at radius 2 is 1.83 bits per heavy atom. The predicted molar refractivity (Wildman–Crippen MR) is 89.3 cm³/mol. The Balaban J connectivity index is 1.81. The monoisotopic (exact) mass is 336 g/mol. The fourth-order valence-electron chi connectivity index (χ4n) is 3.13. The molecule has 3 N–H and O–H groups in total. The highest BCUT2D eigenvalue weighted by Crippen LogP contribution is 2.26. The van der Waals surface area contributed by atoms with E-state index in [-0.39, 0.29) is 23.8 Å². The molecule has 6 heteroatoms. The molecule has 132 valence electrons.